The monoisotopic (exact) mass is 359 g/mol. The Morgan fingerprint density at radius 1 is 1.24 bits per heavy atom. The maximum Gasteiger partial charge on any atom is 0.507 e. The smallest absolute Gasteiger partial charge is 0.389 e. The van der Waals surface area contributed by atoms with E-state index < -0.39 is 12.1 Å². The highest BCUT2D eigenvalue weighted by Crippen LogP contribution is 2.31. The first-order valence-corrected chi connectivity index (χ1v) is 8.20. The summed E-state index contributed by atoms with van der Waals surface area (Å²) < 4.78 is 7.34. The second kappa shape index (κ2) is 5.42. The quantitative estimate of drug-likeness (QED) is 0.773. The Kier molecular flexibility index (Phi) is 3.43. The lowest BCUT2D eigenvalue weighted by molar-refractivity contribution is -0.685. The predicted octanol–water partition coefficient (Wildman–Crippen LogP) is 2.52. The van der Waals surface area contributed by atoms with Crippen molar-refractivity contribution in [1.29, 1.82) is 0 Å². The molecule has 128 valence electrons. The summed E-state index contributed by atoms with van der Waals surface area (Å²) in [6.45, 7) is 3.87. The topological polar surface area (TPSA) is 70.0 Å². The van der Waals surface area contributed by atoms with E-state index in [1.165, 1.54) is 9.80 Å². The summed E-state index contributed by atoms with van der Waals surface area (Å²) in [4.78, 5) is 32.7. The number of amidine groups is 1. The number of benzene rings is 1. The van der Waals surface area contributed by atoms with E-state index in [4.69, 9.17) is 16.0 Å². The van der Waals surface area contributed by atoms with Gasteiger partial charge in [-0.1, -0.05) is 23.7 Å². The van der Waals surface area contributed by atoms with Crippen LogP contribution in [0.3, 0.4) is 0 Å². The maximum atomic E-state index is 13.1. The molecule has 4 rings (SSSR count). The number of hydrogen-bond donors (Lipinski definition) is 0. The van der Waals surface area contributed by atoms with Crippen LogP contribution in [-0.2, 0) is 11.3 Å². The van der Waals surface area contributed by atoms with E-state index in [1.54, 1.807) is 35.9 Å². The predicted molar refractivity (Wildman–Crippen MR) is 89.7 cm³/mol. The zero-order valence-electron chi connectivity index (χ0n) is 14.0. The molecular formula is C17H16ClN4O3+. The first-order chi connectivity index (χ1) is 11.9. The highest BCUT2D eigenvalue weighted by atomic mass is 35.5. The van der Waals surface area contributed by atoms with Gasteiger partial charge in [-0.05, 0) is 24.6 Å². The Balaban J connectivity index is 1.73. The van der Waals surface area contributed by atoms with Crippen molar-refractivity contribution in [2.24, 2.45) is 4.99 Å². The van der Waals surface area contributed by atoms with Crippen molar-refractivity contribution in [3.63, 3.8) is 0 Å². The lowest BCUT2D eigenvalue weighted by Crippen LogP contribution is -2.63. The molecule has 0 N–H and O–H groups in total. The van der Waals surface area contributed by atoms with Gasteiger partial charge in [0, 0.05) is 24.0 Å². The number of rotatable bonds is 2. The molecule has 1 aromatic heterocycles. The molecule has 8 heteroatoms. The van der Waals surface area contributed by atoms with Gasteiger partial charge in [-0.3, -0.25) is 14.6 Å². The molecule has 7 nitrogen and oxygen atoms in total. The first-order valence-electron chi connectivity index (χ1n) is 7.82. The molecule has 25 heavy (non-hydrogen) atoms. The number of aryl methyl sites for hydroxylation is 1. The lowest BCUT2D eigenvalue weighted by atomic mass is 10.1. The molecule has 2 aliphatic heterocycles. The zero-order chi connectivity index (χ0) is 17.9. The molecule has 1 aromatic carbocycles. The average Bonchev–Trinajstić information content (AvgIpc) is 3.08. The van der Waals surface area contributed by atoms with E-state index in [0.29, 0.717) is 22.6 Å². The van der Waals surface area contributed by atoms with Crippen LogP contribution in [-0.4, -0.2) is 34.6 Å². The van der Waals surface area contributed by atoms with E-state index in [9.17, 15) is 9.59 Å². The van der Waals surface area contributed by atoms with Gasteiger partial charge in [0.05, 0.1) is 6.54 Å². The van der Waals surface area contributed by atoms with Crippen molar-refractivity contribution in [3.8, 4) is 0 Å². The van der Waals surface area contributed by atoms with Crippen LogP contribution in [0.4, 0.5) is 10.8 Å². The summed E-state index contributed by atoms with van der Waals surface area (Å²) in [6.07, 6.45) is 0. The minimum atomic E-state index is -0.678. The van der Waals surface area contributed by atoms with Crippen LogP contribution in [0.15, 0.2) is 33.7 Å². The fourth-order valence-corrected chi connectivity index (χ4v) is 3.27. The van der Waals surface area contributed by atoms with Crippen molar-refractivity contribution in [3.05, 3.63) is 46.3 Å². The minimum Gasteiger partial charge on any atom is -0.389 e. The van der Waals surface area contributed by atoms with E-state index in [0.717, 1.165) is 11.3 Å². The number of carbonyl (C=O) groups is 2. The first kappa shape index (κ1) is 15.8. The summed E-state index contributed by atoms with van der Waals surface area (Å²) in [7, 11) is 1.62. The number of halogens is 1. The number of oxazole rings is 1. The molecular weight excluding hydrogens is 344 g/mol. The summed E-state index contributed by atoms with van der Waals surface area (Å²) in [5.41, 5.74) is 1.64. The lowest BCUT2D eigenvalue weighted by Gasteiger charge is -2.32. The fraction of sp³-hybridized carbons (Fsp3) is 0.294. The number of urea groups is 1. The molecule has 1 unspecified atom stereocenters. The molecule has 0 saturated carbocycles. The van der Waals surface area contributed by atoms with Crippen LogP contribution in [0, 0.1) is 13.8 Å². The number of carbonyl (C=O) groups excluding carboxylic acids is 2. The Hall–Kier alpha value is -2.67. The van der Waals surface area contributed by atoms with Crippen LogP contribution in [0.1, 0.15) is 23.1 Å². The van der Waals surface area contributed by atoms with Gasteiger partial charge < -0.3 is 4.42 Å². The Morgan fingerprint density at radius 3 is 2.60 bits per heavy atom. The van der Waals surface area contributed by atoms with Gasteiger partial charge in [0.25, 0.3) is 17.8 Å². The third kappa shape index (κ3) is 2.26. The molecule has 0 radical (unpaired) electrons. The maximum absolute atomic E-state index is 13.1. The van der Waals surface area contributed by atoms with Gasteiger partial charge in [0.15, 0.2) is 5.76 Å². The normalized spacial score (nSPS) is 19.2. The second-order valence-electron chi connectivity index (χ2n) is 6.16. The number of fused-ring (bicyclic) bond motifs is 3. The number of nitrogens with zero attached hydrogens (tertiary/aromatic N) is 4. The standard InChI is InChI=1S/C17H16ClN4O3/c1-9-10(2)25-16-19-14-13(22(9)16)15(23)21(17(24)20(14)3)8-11-4-6-12(18)7-5-11/h4-7,13H,8H2,1-3H3/q+1. The Bertz CT molecular complexity index is 932. The molecule has 1 fully saturated rings. The minimum absolute atomic E-state index is 0.175. The van der Waals surface area contributed by atoms with Crippen LogP contribution in [0.25, 0.3) is 0 Å². The highest BCUT2D eigenvalue weighted by Gasteiger charge is 2.55. The van der Waals surface area contributed by atoms with Gasteiger partial charge >= 0.3 is 12.0 Å². The van der Waals surface area contributed by atoms with Crippen molar-refractivity contribution >= 4 is 35.4 Å². The second-order valence-corrected chi connectivity index (χ2v) is 6.60. The van der Waals surface area contributed by atoms with Gasteiger partial charge in [0.2, 0.25) is 0 Å². The van der Waals surface area contributed by atoms with Crippen molar-refractivity contribution in [1.82, 2.24) is 9.80 Å². The number of aliphatic imine (C=N–C) groups is 1. The molecule has 1 saturated heterocycles. The zero-order valence-corrected chi connectivity index (χ0v) is 14.7. The van der Waals surface area contributed by atoms with Crippen molar-refractivity contribution < 1.29 is 18.6 Å². The molecule has 1 atom stereocenters. The van der Waals surface area contributed by atoms with Crippen LogP contribution in [0.5, 0.6) is 0 Å². The van der Waals surface area contributed by atoms with Crippen molar-refractivity contribution in [2.75, 3.05) is 7.05 Å². The highest BCUT2D eigenvalue weighted by molar-refractivity contribution is 6.30. The third-order valence-corrected chi connectivity index (χ3v) is 4.90. The van der Waals surface area contributed by atoms with Crippen LogP contribution in [0.2, 0.25) is 5.02 Å². The molecule has 2 aliphatic rings. The van der Waals surface area contributed by atoms with E-state index in [2.05, 4.69) is 4.99 Å². The van der Waals surface area contributed by atoms with Gasteiger partial charge in [-0.15, -0.1) is 0 Å². The Labute approximate surface area is 149 Å². The fourth-order valence-electron chi connectivity index (χ4n) is 3.15. The number of likely N-dealkylation sites (N-methyl/N-ethyl adjacent to an activating group) is 1. The SMILES string of the molecule is Cc1oc2[n+](c1C)C1C(=O)N(Cc3ccc(Cl)cc3)C(=O)N(C)C1=N2. The summed E-state index contributed by atoms with van der Waals surface area (Å²) in [5, 5.41) is 0.604. The van der Waals surface area contributed by atoms with Gasteiger partial charge in [-0.2, -0.15) is 4.57 Å². The van der Waals surface area contributed by atoms with Crippen molar-refractivity contribution in [2.45, 2.75) is 26.4 Å². The van der Waals surface area contributed by atoms with Gasteiger partial charge in [0.1, 0.15) is 5.69 Å². The average molecular weight is 360 g/mol. The van der Waals surface area contributed by atoms with E-state index in [-0.39, 0.29) is 12.5 Å². The molecule has 2 aromatic rings. The van der Waals surface area contributed by atoms with Crippen LogP contribution < -0.4 is 4.57 Å². The summed E-state index contributed by atoms with van der Waals surface area (Å²) >= 11 is 5.90. The number of amides is 3. The van der Waals surface area contributed by atoms with E-state index in [1.807, 2.05) is 13.8 Å². The molecule has 0 spiro atoms. The van der Waals surface area contributed by atoms with E-state index >= 15 is 0 Å². The molecule has 3 amide bonds. The number of imide groups is 1. The third-order valence-electron chi connectivity index (χ3n) is 4.65. The number of aromatic nitrogens is 1. The molecule has 0 bridgehead atoms. The van der Waals surface area contributed by atoms with Crippen LogP contribution >= 0.6 is 11.6 Å². The van der Waals surface area contributed by atoms with Gasteiger partial charge in [-0.25, -0.2) is 4.79 Å². The Morgan fingerprint density at radius 2 is 1.92 bits per heavy atom. The molecule has 3 heterocycles. The number of hydrogen-bond acceptors (Lipinski definition) is 4. The largest absolute Gasteiger partial charge is 0.507 e. The summed E-state index contributed by atoms with van der Waals surface area (Å²) in [5.74, 6) is 0.781. The molecule has 0 aliphatic carbocycles. The summed E-state index contributed by atoms with van der Waals surface area (Å²) in [6, 6.07) is 6.32.